The van der Waals surface area contributed by atoms with Crippen molar-refractivity contribution in [3.63, 3.8) is 0 Å². The van der Waals surface area contributed by atoms with E-state index in [9.17, 15) is 9.90 Å². The minimum atomic E-state index is -0.284. The first-order chi connectivity index (χ1) is 10.6. The van der Waals surface area contributed by atoms with Gasteiger partial charge in [-0.3, -0.25) is 9.69 Å². The first-order valence-electron chi connectivity index (χ1n) is 7.42. The van der Waals surface area contributed by atoms with Gasteiger partial charge in [-0.25, -0.2) is 4.98 Å². The summed E-state index contributed by atoms with van der Waals surface area (Å²) in [6.45, 7) is 3.96. The standard InChI is InChI=1S/C16H17N3O3/c1-9-2-3-12-11(6-9)14-15(22-12)16(21)18-13(17-14)8-19-5-4-10(20)7-19/h2-3,6,10,20H,4-5,7-8H2,1H3,(H,17,18,21)/t10-/m1/s1. The summed E-state index contributed by atoms with van der Waals surface area (Å²) in [5.41, 5.74) is 2.39. The number of hydrogen-bond acceptors (Lipinski definition) is 5. The van der Waals surface area contributed by atoms with Gasteiger partial charge in [-0.05, 0) is 25.5 Å². The fourth-order valence-corrected chi connectivity index (χ4v) is 3.06. The van der Waals surface area contributed by atoms with Gasteiger partial charge in [0.25, 0.3) is 5.56 Å². The predicted molar refractivity (Wildman–Crippen MR) is 82.8 cm³/mol. The molecule has 3 aromatic rings. The number of furan rings is 1. The van der Waals surface area contributed by atoms with E-state index in [1.807, 2.05) is 25.1 Å². The van der Waals surface area contributed by atoms with Crippen molar-refractivity contribution < 1.29 is 9.52 Å². The van der Waals surface area contributed by atoms with Crippen LogP contribution in [-0.2, 0) is 6.54 Å². The van der Waals surface area contributed by atoms with E-state index in [1.165, 1.54) is 0 Å². The molecule has 2 aromatic heterocycles. The topological polar surface area (TPSA) is 82.4 Å². The molecule has 1 aliphatic rings. The van der Waals surface area contributed by atoms with Crippen LogP contribution in [0.5, 0.6) is 0 Å². The van der Waals surface area contributed by atoms with Crippen molar-refractivity contribution in [2.75, 3.05) is 13.1 Å². The predicted octanol–water partition coefficient (Wildman–Crippen LogP) is 1.54. The number of fused-ring (bicyclic) bond motifs is 3. The smallest absolute Gasteiger partial charge is 0.294 e. The van der Waals surface area contributed by atoms with Gasteiger partial charge in [0.05, 0.1) is 12.6 Å². The fourth-order valence-electron chi connectivity index (χ4n) is 3.06. The maximum absolute atomic E-state index is 12.2. The Morgan fingerprint density at radius 3 is 3.14 bits per heavy atom. The highest BCUT2D eigenvalue weighted by molar-refractivity contribution is 6.02. The van der Waals surface area contributed by atoms with Crippen molar-refractivity contribution in [1.82, 2.24) is 14.9 Å². The Hall–Kier alpha value is -2.18. The Morgan fingerprint density at radius 2 is 2.36 bits per heavy atom. The number of aromatic nitrogens is 2. The number of nitrogens with one attached hydrogen (secondary N) is 1. The molecule has 1 fully saturated rings. The highest BCUT2D eigenvalue weighted by Gasteiger charge is 2.21. The molecule has 3 heterocycles. The van der Waals surface area contributed by atoms with E-state index in [1.54, 1.807) is 0 Å². The summed E-state index contributed by atoms with van der Waals surface area (Å²) in [7, 11) is 0. The number of rotatable bonds is 2. The lowest BCUT2D eigenvalue weighted by Crippen LogP contribution is -2.24. The molecule has 4 rings (SSSR count). The molecule has 114 valence electrons. The van der Waals surface area contributed by atoms with Crippen LogP contribution in [0.4, 0.5) is 0 Å². The molecular weight excluding hydrogens is 282 g/mol. The zero-order chi connectivity index (χ0) is 15.3. The molecule has 22 heavy (non-hydrogen) atoms. The van der Waals surface area contributed by atoms with Gasteiger partial charge in [0.15, 0.2) is 0 Å². The number of aliphatic hydroxyl groups excluding tert-OH is 1. The van der Waals surface area contributed by atoms with Crippen molar-refractivity contribution >= 4 is 22.1 Å². The number of H-pyrrole nitrogens is 1. The maximum Gasteiger partial charge on any atom is 0.294 e. The fraction of sp³-hybridized carbons (Fsp3) is 0.375. The Morgan fingerprint density at radius 1 is 1.50 bits per heavy atom. The summed E-state index contributed by atoms with van der Waals surface area (Å²) in [6, 6.07) is 5.80. The molecule has 6 nitrogen and oxygen atoms in total. The van der Waals surface area contributed by atoms with Crippen LogP contribution in [0.3, 0.4) is 0 Å². The molecule has 1 aliphatic heterocycles. The Balaban J connectivity index is 1.82. The average molecular weight is 299 g/mol. The molecule has 1 saturated heterocycles. The van der Waals surface area contributed by atoms with Crippen LogP contribution in [0.2, 0.25) is 0 Å². The molecule has 0 amide bonds. The van der Waals surface area contributed by atoms with Gasteiger partial charge in [-0.1, -0.05) is 11.6 Å². The maximum atomic E-state index is 12.2. The lowest BCUT2D eigenvalue weighted by Gasteiger charge is -2.13. The molecule has 0 saturated carbocycles. The number of benzene rings is 1. The van der Waals surface area contributed by atoms with Gasteiger partial charge in [-0.2, -0.15) is 0 Å². The van der Waals surface area contributed by atoms with Gasteiger partial charge in [0.2, 0.25) is 5.58 Å². The van der Waals surface area contributed by atoms with Crippen LogP contribution in [0, 0.1) is 6.92 Å². The van der Waals surface area contributed by atoms with Crippen LogP contribution in [0.15, 0.2) is 27.4 Å². The Bertz CT molecular complexity index is 912. The van der Waals surface area contributed by atoms with E-state index in [-0.39, 0.29) is 17.2 Å². The molecule has 0 radical (unpaired) electrons. The third-order valence-corrected chi connectivity index (χ3v) is 4.15. The number of nitrogens with zero attached hydrogens (tertiary/aromatic N) is 2. The van der Waals surface area contributed by atoms with Crippen LogP contribution in [-0.4, -0.2) is 39.2 Å². The number of likely N-dealkylation sites (tertiary alicyclic amines) is 1. The summed E-state index contributed by atoms with van der Waals surface area (Å²) in [5, 5.41) is 10.5. The van der Waals surface area contributed by atoms with Gasteiger partial charge in [0.1, 0.15) is 16.9 Å². The van der Waals surface area contributed by atoms with E-state index >= 15 is 0 Å². The van der Waals surface area contributed by atoms with Gasteiger partial charge in [-0.15, -0.1) is 0 Å². The highest BCUT2D eigenvalue weighted by Crippen LogP contribution is 2.26. The molecule has 6 heteroatoms. The van der Waals surface area contributed by atoms with Crippen LogP contribution < -0.4 is 5.56 Å². The van der Waals surface area contributed by atoms with Gasteiger partial charge in [0, 0.05) is 18.5 Å². The zero-order valence-corrected chi connectivity index (χ0v) is 12.3. The zero-order valence-electron chi connectivity index (χ0n) is 12.3. The van der Waals surface area contributed by atoms with Crippen molar-refractivity contribution in [1.29, 1.82) is 0 Å². The summed E-state index contributed by atoms with van der Waals surface area (Å²) in [5.74, 6) is 0.607. The molecule has 1 aromatic carbocycles. The lowest BCUT2D eigenvalue weighted by molar-refractivity contribution is 0.174. The molecule has 0 aliphatic carbocycles. The quantitative estimate of drug-likeness (QED) is 0.750. The third-order valence-electron chi connectivity index (χ3n) is 4.15. The van der Waals surface area contributed by atoms with E-state index in [2.05, 4.69) is 14.9 Å². The second-order valence-corrected chi connectivity index (χ2v) is 5.97. The third kappa shape index (κ3) is 2.20. The normalized spacial score (nSPS) is 19.5. The number of hydrogen-bond donors (Lipinski definition) is 2. The Kier molecular flexibility index (Phi) is 3.02. The van der Waals surface area contributed by atoms with Crippen LogP contribution in [0.1, 0.15) is 17.8 Å². The number of β-amino-alcohol motifs (C(OH)–C–C–N with tert-alkyl or cyclic N) is 1. The van der Waals surface area contributed by atoms with Crippen LogP contribution in [0.25, 0.3) is 22.1 Å². The lowest BCUT2D eigenvalue weighted by atomic mass is 10.2. The molecule has 2 N–H and O–H groups in total. The van der Waals surface area contributed by atoms with Gasteiger partial charge >= 0.3 is 0 Å². The van der Waals surface area contributed by atoms with Crippen molar-refractivity contribution in [3.8, 4) is 0 Å². The average Bonchev–Trinajstić information content (AvgIpc) is 3.03. The first-order valence-corrected chi connectivity index (χ1v) is 7.42. The van der Waals surface area contributed by atoms with Crippen molar-refractivity contribution in [2.24, 2.45) is 0 Å². The van der Waals surface area contributed by atoms with E-state index < -0.39 is 0 Å². The number of aromatic amines is 1. The SMILES string of the molecule is Cc1ccc2oc3c(=O)[nH]c(CN4CC[C@@H](O)C4)nc3c2c1. The van der Waals surface area contributed by atoms with Gasteiger partial charge < -0.3 is 14.5 Å². The monoisotopic (exact) mass is 299 g/mol. The number of aliphatic hydroxyl groups is 1. The summed E-state index contributed by atoms with van der Waals surface area (Å²) in [4.78, 5) is 21.7. The molecule has 1 atom stereocenters. The first kappa shape index (κ1) is 13.5. The second kappa shape index (κ2) is 4.93. The molecule has 0 unspecified atom stereocenters. The second-order valence-electron chi connectivity index (χ2n) is 5.97. The molecule has 0 bridgehead atoms. The summed E-state index contributed by atoms with van der Waals surface area (Å²) in [6.07, 6.45) is 0.480. The van der Waals surface area contributed by atoms with E-state index in [0.717, 1.165) is 23.9 Å². The highest BCUT2D eigenvalue weighted by atomic mass is 16.3. The summed E-state index contributed by atoms with van der Waals surface area (Å²) >= 11 is 0. The summed E-state index contributed by atoms with van der Waals surface area (Å²) < 4.78 is 5.62. The van der Waals surface area contributed by atoms with E-state index in [0.29, 0.717) is 30.0 Å². The Labute approximate surface area is 126 Å². The number of aryl methyl sites for hydroxylation is 1. The largest absolute Gasteiger partial charge is 0.449 e. The minimum absolute atomic E-state index is 0.256. The molecule has 0 spiro atoms. The minimum Gasteiger partial charge on any atom is -0.449 e. The van der Waals surface area contributed by atoms with Crippen molar-refractivity contribution in [3.05, 3.63) is 39.9 Å². The van der Waals surface area contributed by atoms with E-state index in [4.69, 9.17) is 4.42 Å². The van der Waals surface area contributed by atoms with Crippen LogP contribution >= 0.6 is 0 Å². The van der Waals surface area contributed by atoms with Crippen molar-refractivity contribution in [2.45, 2.75) is 26.0 Å². The molecular formula is C16H17N3O3.